The zero-order valence-electron chi connectivity index (χ0n) is 15.1. The third-order valence-corrected chi connectivity index (χ3v) is 5.49. The van der Waals surface area contributed by atoms with Crippen LogP contribution in [0, 0.1) is 0 Å². The number of nitrogens with zero attached hydrogens (tertiary/aromatic N) is 2. The lowest BCUT2D eigenvalue weighted by atomic mass is 9.99. The Morgan fingerprint density at radius 2 is 1.96 bits per heavy atom. The molecule has 27 heavy (non-hydrogen) atoms. The lowest BCUT2D eigenvalue weighted by molar-refractivity contribution is 0.0601. The molecule has 0 bridgehead atoms. The van der Waals surface area contributed by atoms with Gasteiger partial charge in [-0.2, -0.15) is 0 Å². The molecule has 1 atom stereocenters. The van der Waals surface area contributed by atoms with E-state index in [-0.39, 0.29) is 12.5 Å². The van der Waals surface area contributed by atoms with Crippen LogP contribution < -0.4 is 4.74 Å². The molecule has 0 saturated carbocycles. The van der Waals surface area contributed by atoms with Crippen molar-refractivity contribution in [2.75, 3.05) is 6.54 Å². The van der Waals surface area contributed by atoms with E-state index in [1.54, 1.807) is 18.2 Å². The lowest BCUT2D eigenvalue weighted by Crippen LogP contribution is -2.43. The van der Waals surface area contributed by atoms with Gasteiger partial charge in [0.15, 0.2) is 5.75 Å². The Hall–Kier alpha value is -1.49. The predicted octanol–water partition coefficient (Wildman–Crippen LogP) is 6.03. The SMILES string of the molecule is CCC1CCCCN1C(=O)c1cccc(COc2c(Cl)cc(Cl)cc2Cl)n1. The van der Waals surface area contributed by atoms with Gasteiger partial charge >= 0.3 is 0 Å². The topological polar surface area (TPSA) is 42.4 Å². The van der Waals surface area contributed by atoms with Crippen molar-refractivity contribution >= 4 is 40.7 Å². The van der Waals surface area contributed by atoms with Crippen LogP contribution in [0.15, 0.2) is 30.3 Å². The van der Waals surface area contributed by atoms with Gasteiger partial charge in [-0.3, -0.25) is 4.79 Å². The molecule has 1 unspecified atom stereocenters. The molecule has 0 spiro atoms. The smallest absolute Gasteiger partial charge is 0.272 e. The molecule has 1 saturated heterocycles. The first-order valence-corrected chi connectivity index (χ1v) is 10.2. The first kappa shape index (κ1) is 20.2. The normalized spacial score (nSPS) is 17.0. The van der Waals surface area contributed by atoms with Gasteiger partial charge in [0.05, 0.1) is 15.7 Å². The predicted molar refractivity (Wildman–Crippen MR) is 109 cm³/mol. The number of hydrogen-bond donors (Lipinski definition) is 0. The van der Waals surface area contributed by atoms with Crippen molar-refractivity contribution in [3.8, 4) is 5.75 Å². The van der Waals surface area contributed by atoms with Gasteiger partial charge in [0, 0.05) is 17.6 Å². The summed E-state index contributed by atoms with van der Waals surface area (Å²) in [5.41, 5.74) is 1.07. The number of rotatable bonds is 5. The number of aromatic nitrogens is 1. The van der Waals surface area contributed by atoms with E-state index in [1.807, 2.05) is 17.0 Å². The first-order chi connectivity index (χ1) is 13.0. The van der Waals surface area contributed by atoms with Crippen LogP contribution in [0.1, 0.15) is 48.8 Å². The molecule has 3 rings (SSSR count). The monoisotopic (exact) mass is 426 g/mol. The zero-order valence-corrected chi connectivity index (χ0v) is 17.3. The van der Waals surface area contributed by atoms with Crippen molar-refractivity contribution in [1.82, 2.24) is 9.88 Å². The highest BCUT2D eigenvalue weighted by Gasteiger charge is 2.27. The highest BCUT2D eigenvalue weighted by molar-refractivity contribution is 6.40. The molecule has 1 aliphatic rings. The number of benzene rings is 1. The summed E-state index contributed by atoms with van der Waals surface area (Å²) in [5, 5.41) is 1.10. The molecule has 1 amide bonds. The van der Waals surface area contributed by atoms with E-state index in [1.165, 1.54) is 6.42 Å². The largest absolute Gasteiger partial charge is 0.484 e. The Morgan fingerprint density at radius 3 is 2.67 bits per heavy atom. The Bertz CT molecular complexity index is 806. The molecular weight excluding hydrogens is 407 g/mol. The van der Waals surface area contributed by atoms with Crippen LogP contribution in [0.4, 0.5) is 0 Å². The van der Waals surface area contributed by atoms with Crippen LogP contribution in [0.5, 0.6) is 5.75 Å². The minimum atomic E-state index is -0.0223. The number of piperidine rings is 1. The van der Waals surface area contributed by atoms with E-state index < -0.39 is 0 Å². The van der Waals surface area contributed by atoms with Crippen molar-refractivity contribution in [2.45, 2.75) is 45.3 Å². The molecule has 2 aromatic rings. The Balaban J connectivity index is 1.73. The number of carbonyl (C=O) groups excluding carboxylic acids is 1. The third-order valence-electron chi connectivity index (χ3n) is 4.71. The van der Waals surface area contributed by atoms with Crippen LogP contribution in [0.25, 0.3) is 0 Å². The number of likely N-dealkylation sites (tertiary alicyclic amines) is 1. The van der Waals surface area contributed by atoms with Gasteiger partial charge in [0.25, 0.3) is 5.91 Å². The molecule has 0 N–H and O–H groups in total. The van der Waals surface area contributed by atoms with Crippen molar-refractivity contribution in [3.05, 3.63) is 56.8 Å². The maximum Gasteiger partial charge on any atom is 0.272 e. The third kappa shape index (κ3) is 4.87. The van der Waals surface area contributed by atoms with E-state index in [0.29, 0.717) is 38.2 Å². The van der Waals surface area contributed by atoms with E-state index in [2.05, 4.69) is 11.9 Å². The number of ether oxygens (including phenoxy) is 1. The Kier molecular flexibility index (Phi) is 6.85. The Morgan fingerprint density at radius 1 is 1.22 bits per heavy atom. The van der Waals surface area contributed by atoms with Crippen LogP contribution >= 0.6 is 34.8 Å². The fourth-order valence-corrected chi connectivity index (χ4v) is 4.26. The highest BCUT2D eigenvalue weighted by atomic mass is 35.5. The first-order valence-electron chi connectivity index (χ1n) is 9.03. The maximum atomic E-state index is 12.9. The van der Waals surface area contributed by atoms with Crippen LogP contribution in [0.3, 0.4) is 0 Å². The summed E-state index contributed by atoms with van der Waals surface area (Å²) in [6.07, 6.45) is 4.23. The molecule has 0 radical (unpaired) electrons. The molecule has 1 aromatic carbocycles. The summed E-state index contributed by atoms with van der Waals surface area (Å²) in [4.78, 5) is 19.3. The minimum Gasteiger partial charge on any atom is -0.484 e. The molecule has 2 heterocycles. The van der Waals surface area contributed by atoms with Gasteiger partial charge in [-0.15, -0.1) is 0 Å². The van der Waals surface area contributed by atoms with Crippen molar-refractivity contribution < 1.29 is 9.53 Å². The lowest BCUT2D eigenvalue weighted by Gasteiger charge is -2.35. The fourth-order valence-electron chi connectivity index (χ4n) is 3.33. The standard InChI is InChI=1S/C20H21Cl3N2O2/c1-2-15-7-3-4-9-25(15)20(26)18-8-5-6-14(24-18)12-27-19-16(22)10-13(21)11-17(19)23/h5-6,8,10-11,15H,2-4,7,9,12H2,1H3. The highest BCUT2D eigenvalue weighted by Crippen LogP contribution is 2.36. The molecule has 0 aliphatic carbocycles. The second-order valence-electron chi connectivity index (χ2n) is 6.56. The summed E-state index contributed by atoms with van der Waals surface area (Å²) in [6, 6.07) is 8.80. The summed E-state index contributed by atoms with van der Waals surface area (Å²) in [5.74, 6) is 0.328. The van der Waals surface area contributed by atoms with Gasteiger partial charge < -0.3 is 9.64 Å². The van der Waals surface area contributed by atoms with Gasteiger partial charge in [0.1, 0.15) is 12.3 Å². The fraction of sp³-hybridized carbons (Fsp3) is 0.400. The molecule has 7 heteroatoms. The Labute approximate surface area is 174 Å². The average molecular weight is 428 g/mol. The number of halogens is 3. The van der Waals surface area contributed by atoms with Gasteiger partial charge in [-0.05, 0) is 49.9 Å². The molecule has 1 aliphatic heterocycles. The number of carbonyl (C=O) groups is 1. The van der Waals surface area contributed by atoms with Crippen LogP contribution in [-0.2, 0) is 6.61 Å². The number of pyridine rings is 1. The van der Waals surface area contributed by atoms with E-state index in [4.69, 9.17) is 39.5 Å². The van der Waals surface area contributed by atoms with Crippen molar-refractivity contribution in [2.24, 2.45) is 0 Å². The summed E-state index contributed by atoms with van der Waals surface area (Å²) in [6.45, 7) is 3.06. The van der Waals surface area contributed by atoms with E-state index >= 15 is 0 Å². The van der Waals surface area contributed by atoms with Gasteiger partial charge in [-0.1, -0.05) is 47.8 Å². The quantitative estimate of drug-likeness (QED) is 0.585. The van der Waals surface area contributed by atoms with E-state index in [9.17, 15) is 4.79 Å². The van der Waals surface area contributed by atoms with Crippen molar-refractivity contribution in [3.63, 3.8) is 0 Å². The second kappa shape index (κ2) is 9.13. The molecule has 144 valence electrons. The molecular formula is C20H21Cl3N2O2. The number of amides is 1. The zero-order chi connectivity index (χ0) is 19.4. The van der Waals surface area contributed by atoms with Gasteiger partial charge in [0.2, 0.25) is 0 Å². The minimum absolute atomic E-state index is 0.0223. The van der Waals surface area contributed by atoms with Gasteiger partial charge in [-0.25, -0.2) is 4.98 Å². The molecule has 1 aromatic heterocycles. The second-order valence-corrected chi connectivity index (χ2v) is 7.81. The average Bonchev–Trinajstić information content (AvgIpc) is 2.66. The van der Waals surface area contributed by atoms with E-state index in [0.717, 1.165) is 25.8 Å². The van der Waals surface area contributed by atoms with Crippen LogP contribution in [-0.4, -0.2) is 28.4 Å². The maximum absolute atomic E-state index is 12.9. The summed E-state index contributed by atoms with van der Waals surface area (Å²) in [7, 11) is 0. The number of hydrogen-bond acceptors (Lipinski definition) is 3. The summed E-state index contributed by atoms with van der Waals surface area (Å²) < 4.78 is 5.72. The molecule has 4 nitrogen and oxygen atoms in total. The van der Waals surface area contributed by atoms with Crippen molar-refractivity contribution in [1.29, 1.82) is 0 Å². The molecule has 1 fully saturated rings. The van der Waals surface area contributed by atoms with Crippen LogP contribution in [0.2, 0.25) is 15.1 Å². The summed E-state index contributed by atoms with van der Waals surface area (Å²) >= 11 is 18.2.